The minimum atomic E-state index is 0.522. The highest BCUT2D eigenvalue weighted by Crippen LogP contribution is 2.24. The molecule has 2 rings (SSSR count). The minimum absolute atomic E-state index is 0.522. The summed E-state index contributed by atoms with van der Waals surface area (Å²) in [6.07, 6.45) is 1.13. The second-order valence-electron chi connectivity index (χ2n) is 3.77. The van der Waals surface area contributed by atoms with Crippen LogP contribution in [0.25, 0.3) is 0 Å². The molecule has 1 fully saturated rings. The number of thioether (sulfide) groups is 1. The molecule has 0 bridgehead atoms. The maximum Gasteiger partial charge on any atom is 0.0686 e. The van der Waals surface area contributed by atoms with Crippen molar-refractivity contribution in [1.29, 1.82) is 0 Å². The lowest BCUT2D eigenvalue weighted by atomic mass is 10.2. The van der Waals surface area contributed by atoms with Gasteiger partial charge < -0.3 is 4.74 Å². The van der Waals surface area contributed by atoms with Gasteiger partial charge in [0.25, 0.3) is 0 Å². The third-order valence-electron chi connectivity index (χ3n) is 2.56. The van der Waals surface area contributed by atoms with Crippen molar-refractivity contribution in [3.8, 4) is 0 Å². The van der Waals surface area contributed by atoms with Gasteiger partial charge in [-0.2, -0.15) is 11.8 Å². The van der Waals surface area contributed by atoms with E-state index in [0.717, 1.165) is 25.4 Å². The number of aryl methyl sites for hydroxylation is 1. The van der Waals surface area contributed by atoms with Crippen LogP contribution in [-0.2, 0) is 11.2 Å². The van der Waals surface area contributed by atoms with E-state index in [1.165, 1.54) is 11.1 Å². The highest BCUT2D eigenvalue weighted by molar-refractivity contribution is 8.00. The summed E-state index contributed by atoms with van der Waals surface area (Å²) in [5, 5.41) is 0.522. The zero-order chi connectivity index (χ0) is 10.5. The zero-order valence-electron chi connectivity index (χ0n) is 8.82. The first-order valence-corrected chi connectivity index (χ1v) is 6.32. The van der Waals surface area contributed by atoms with E-state index < -0.39 is 0 Å². The lowest BCUT2D eigenvalue weighted by Crippen LogP contribution is -2.05. The normalized spacial score (nSPS) is 20.8. The van der Waals surface area contributed by atoms with Gasteiger partial charge in [0.05, 0.1) is 18.5 Å². The molecule has 0 aliphatic carbocycles. The second kappa shape index (κ2) is 5.38. The van der Waals surface area contributed by atoms with Gasteiger partial charge in [-0.15, -0.1) is 0 Å². The first kappa shape index (κ1) is 10.8. The molecule has 1 heterocycles. The Kier molecular flexibility index (Phi) is 3.87. The highest BCUT2D eigenvalue weighted by Gasteiger charge is 2.19. The average molecular weight is 220 g/mol. The second-order valence-corrected chi connectivity index (χ2v) is 5.08. The summed E-state index contributed by atoms with van der Waals surface area (Å²) in [4.78, 5) is 0. The van der Waals surface area contributed by atoms with Gasteiger partial charge in [-0.25, -0.2) is 0 Å². The van der Waals surface area contributed by atoms with E-state index in [-0.39, 0.29) is 0 Å². The summed E-state index contributed by atoms with van der Waals surface area (Å²) in [6.45, 7) is 5.61. The SMILES string of the molecule is C=C1COCC1SCCc1ccccc1. The van der Waals surface area contributed by atoms with Crippen molar-refractivity contribution in [1.82, 2.24) is 0 Å². The molecule has 0 aromatic heterocycles. The molecule has 1 saturated heterocycles. The maximum absolute atomic E-state index is 5.35. The number of hydrogen-bond donors (Lipinski definition) is 0. The van der Waals surface area contributed by atoms with Crippen LogP contribution in [0.15, 0.2) is 42.5 Å². The number of rotatable bonds is 4. The largest absolute Gasteiger partial charge is 0.376 e. The van der Waals surface area contributed by atoms with Gasteiger partial charge in [-0.3, -0.25) is 0 Å². The van der Waals surface area contributed by atoms with Crippen molar-refractivity contribution in [3.05, 3.63) is 48.0 Å². The van der Waals surface area contributed by atoms with Crippen LogP contribution in [0, 0.1) is 0 Å². The summed E-state index contributed by atoms with van der Waals surface area (Å²) >= 11 is 1.96. The molecule has 0 radical (unpaired) electrons. The molecular weight excluding hydrogens is 204 g/mol. The van der Waals surface area contributed by atoms with E-state index in [2.05, 4.69) is 36.9 Å². The van der Waals surface area contributed by atoms with E-state index in [9.17, 15) is 0 Å². The maximum atomic E-state index is 5.35. The third-order valence-corrected chi connectivity index (χ3v) is 3.88. The summed E-state index contributed by atoms with van der Waals surface area (Å²) in [7, 11) is 0. The molecule has 0 saturated carbocycles. The van der Waals surface area contributed by atoms with Crippen LogP contribution in [0.2, 0.25) is 0 Å². The first-order valence-electron chi connectivity index (χ1n) is 5.27. The summed E-state index contributed by atoms with van der Waals surface area (Å²) in [6, 6.07) is 10.6. The first-order chi connectivity index (χ1) is 7.36. The van der Waals surface area contributed by atoms with Gasteiger partial charge in [0.1, 0.15) is 0 Å². The van der Waals surface area contributed by atoms with Crippen molar-refractivity contribution >= 4 is 11.8 Å². The van der Waals surface area contributed by atoms with E-state index in [4.69, 9.17) is 4.74 Å². The zero-order valence-corrected chi connectivity index (χ0v) is 9.63. The predicted molar refractivity (Wildman–Crippen MR) is 66.4 cm³/mol. The standard InChI is InChI=1S/C13H16OS/c1-11-9-14-10-13(11)15-8-7-12-5-3-2-4-6-12/h2-6,13H,1,7-10H2. The Bertz CT molecular complexity index is 321. The Morgan fingerprint density at radius 3 is 2.80 bits per heavy atom. The lowest BCUT2D eigenvalue weighted by Gasteiger charge is -2.08. The van der Waals surface area contributed by atoms with Gasteiger partial charge in [0, 0.05) is 0 Å². The van der Waals surface area contributed by atoms with Crippen LogP contribution in [0.3, 0.4) is 0 Å². The van der Waals surface area contributed by atoms with Crippen molar-refractivity contribution in [2.45, 2.75) is 11.7 Å². The fourth-order valence-electron chi connectivity index (χ4n) is 1.64. The topological polar surface area (TPSA) is 9.23 Å². The number of benzene rings is 1. The molecule has 1 aliphatic heterocycles. The third kappa shape index (κ3) is 3.11. The van der Waals surface area contributed by atoms with Crippen LogP contribution >= 0.6 is 11.8 Å². The average Bonchev–Trinajstić information content (AvgIpc) is 2.66. The molecule has 1 nitrogen and oxygen atoms in total. The van der Waals surface area contributed by atoms with Crippen LogP contribution in [0.4, 0.5) is 0 Å². The minimum Gasteiger partial charge on any atom is -0.376 e. The Balaban J connectivity index is 1.73. The van der Waals surface area contributed by atoms with E-state index in [1.807, 2.05) is 11.8 Å². The molecule has 0 amide bonds. The van der Waals surface area contributed by atoms with E-state index >= 15 is 0 Å². The molecule has 1 atom stereocenters. The monoisotopic (exact) mass is 220 g/mol. The van der Waals surface area contributed by atoms with E-state index in [1.54, 1.807) is 0 Å². The molecule has 2 heteroatoms. The Morgan fingerprint density at radius 1 is 1.33 bits per heavy atom. The molecule has 1 aromatic carbocycles. The van der Waals surface area contributed by atoms with Crippen LogP contribution in [0.1, 0.15) is 5.56 Å². The Labute approximate surface area is 95.5 Å². The van der Waals surface area contributed by atoms with Crippen LogP contribution in [-0.4, -0.2) is 24.2 Å². The summed E-state index contributed by atoms with van der Waals surface area (Å²) < 4.78 is 5.35. The van der Waals surface area contributed by atoms with Crippen molar-refractivity contribution in [2.24, 2.45) is 0 Å². The van der Waals surface area contributed by atoms with Crippen molar-refractivity contribution < 1.29 is 4.74 Å². The quantitative estimate of drug-likeness (QED) is 0.722. The molecule has 0 spiro atoms. The van der Waals surface area contributed by atoms with Gasteiger partial charge in [-0.1, -0.05) is 36.9 Å². The molecule has 15 heavy (non-hydrogen) atoms. The molecule has 1 aliphatic rings. The number of ether oxygens (including phenoxy) is 1. The molecule has 0 N–H and O–H groups in total. The Hall–Kier alpha value is -0.730. The van der Waals surface area contributed by atoms with Gasteiger partial charge in [-0.05, 0) is 23.3 Å². The molecule has 1 unspecified atom stereocenters. The fraction of sp³-hybridized carbons (Fsp3) is 0.385. The van der Waals surface area contributed by atoms with Crippen molar-refractivity contribution in [3.63, 3.8) is 0 Å². The van der Waals surface area contributed by atoms with Crippen molar-refractivity contribution in [2.75, 3.05) is 19.0 Å². The molecular formula is C13H16OS. The Morgan fingerprint density at radius 2 is 2.13 bits per heavy atom. The summed E-state index contributed by atoms with van der Waals surface area (Å²) in [5.74, 6) is 1.15. The number of hydrogen-bond acceptors (Lipinski definition) is 2. The molecule has 1 aromatic rings. The highest BCUT2D eigenvalue weighted by atomic mass is 32.2. The fourth-order valence-corrected chi connectivity index (χ4v) is 2.77. The van der Waals surface area contributed by atoms with E-state index in [0.29, 0.717) is 5.25 Å². The van der Waals surface area contributed by atoms with Gasteiger partial charge in [0.15, 0.2) is 0 Å². The predicted octanol–water partition coefficient (Wildman–Crippen LogP) is 2.92. The summed E-state index contributed by atoms with van der Waals surface area (Å²) in [5.41, 5.74) is 2.66. The smallest absolute Gasteiger partial charge is 0.0686 e. The van der Waals surface area contributed by atoms with Crippen LogP contribution < -0.4 is 0 Å². The lowest BCUT2D eigenvalue weighted by molar-refractivity contribution is 0.206. The van der Waals surface area contributed by atoms with Gasteiger partial charge >= 0.3 is 0 Å². The van der Waals surface area contributed by atoms with Crippen LogP contribution in [0.5, 0.6) is 0 Å². The molecule has 80 valence electrons. The van der Waals surface area contributed by atoms with Gasteiger partial charge in [0.2, 0.25) is 0 Å².